The number of hydrogen-bond acceptors (Lipinski definition) is 3. The number of hydrogen-bond donors (Lipinski definition) is 1. The van der Waals surface area contributed by atoms with Gasteiger partial charge in [0.25, 0.3) is 5.91 Å². The lowest BCUT2D eigenvalue weighted by molar-refractivity contribution is -0.255. The van der Waals surface area contributed by atoms with E-state index in [1.807, 2.05) is 0 Å². The van der Waals surface area contributed by atoms with Gasteiger partial charge in [-0.15, -0.1) is 0 Å². The average molecular weight is 258 g/mol. The van der Waals surface area contributed by atoms with Gasteiger partial charge < -0.3 is 15.2 Å². The van der Waals surface area contributed by atoms with E-state index in [0.717, 1.165) is 0 Å². The van der Waals surface area contributed by atoms with Gasteiger partial charge in [0.05, 0.1) is 11.7 Å². The highest BCUT2D eigenvalue weighted by molar-refractivity contribution is 6.10. The summed E-state index contributed by atoms with van der Waals surface area (Å²) in [5.74, 6) is -2.76. The number of carbonyl (C=O) groups excluding carboxylic acids is 2. The van der Waals surface area contributed by atoms with Crippen molar-refractivity contribution in [1.82, 2.24) is 0 Å². The predicted octanol–water partition coefficient (Wildman–Crippen LogP) is 1.44. The van der Waals surface area contributed by atoms with Gasteiger partial charge in [0, 0.05) is 11.1 Å². The van der Waals surface area contributed by atoms with Crippen LogP contribution in [0.2, 0.25) is 0 Å². The summed E-state index contributed by atoms with van der Waals surface area (Å²) in [6.45, 7) is 0. The third kappa shape index (κ3) is 2.77. The van der Waals surface area contributed by atoms with Gasteiger partial charge in [-0.2, -0.15) is 0 Å². The summed E-state index contributed by atoms with van der Waals surface area (Å²) in [5, 5.41) is 13.2. The van der Waals surface area contributed by atoms with Gasteiger partial charge in [-0.1, -0.05) is 30.3 Å². The first-order valence-corrected chi connectivity index (χ1v) is 5.46. The Labute approximate surface area is 108 Å². The molecule has 0 atom stereocenters. The molecule has 0 saturated carbocycles. The summed E-state index contributed by atoms with van der Waals surface area (Å²) in [5.41, 5.74) is -0.331. The molecule has 19 heavy (non-hydrogen) atoms. The second-order valence-electron chi connectivity index (χ2n) is 3.77. The molecule has 0 aliphatic carbocycles. The molecule has 0 spiro atoms. The number of aromatic carboxylic acids is 1. The van der Waals surface area contributed by atoms with Crippen LogP contribution in [0.4, 0.5) is 10.1 Å². The lowest BCUT2D eigenvalue weighted by Crippen LogP contribution is -2.26. The molecule has 96 valence electrons. The molecule has 0 heterocycles. The van der Waals surface area contributed by atoms with Crippen LogP contribution in [0.25, 0.3) is 0 Å². The lowest BCUT2D eigenvalue weighted by atomic mass is 10.1. The van der Waals surface area contributed by atoms with Crippen LogP contribution in [-0.2, 0) is 0 Å². The molecule has 4 nitrogen and oxygen atoms in total. The fourth-order valence-corrected chi connectivity index (χ4v) is 1.61. The number of carbonyl (C=O) groups is 2. The molecule has 2 rings (SSSR count). The van der Waals surface area contributed by atoms with Gasteiger partial charge in [-0.25, -0.2) is 4.39 Å². The lowest BCUT2D eigenvalue weighted by Gasteiger charge is -2.11. The molecule has 2 aromatic rings. The van der Waals surface area contributed by atoms with Crippen molar-refractivity contribution in [3.8, 4) is 0 Å². The first-order chi connectivity index (χ1) is 9.09. The minimum absolute atomic E-state index is 0.0133. The molecule has 1 N–H and O–H groups in total. The normalized spacial score (nSPS) is 9.95. The zero-order valence-electron chi connectivity index (χ0n) is 9.72. The topological polar surface area (TPSA) is 69.2 Å². The Balaban J connectivity index is 2.31. The van der Waals surface area contributed by atoms with E-state index in [2.05, 4.69) is 5.32 Å². The Bertz CT molecular complexity index is 640. The number of amides is 1. The van der Waals surface area contributed by atoms with E-state index < -0.39 is 17.7 Å². The number of rotatable bonds is 3. The van der Waals surface area contributed by atoms with Crippen LogP contribution in [0.5, 0.6) is 0 Å². The standard InChI is InChI=1S/C14H10FNO3/c15-11-7-3-4-8-12(11)16-13(17)9-5-1-2-6-10(9)14(18)19/h1-8H,(H,16,17)(H,18,19)/p-1. The van der Waals surface area contributed by atoms with Crippen LogP contribution in [0.15, 0.2) is 48.5 Å². The van der Waals surface area contributed by atoms with Crippen LogP contribution < -0.4 is 10.4 Å². The Morgan fingerprint density at radius 3 is 2.16 bits per heavy atom. The SMILES string of the molecule is O=C([O-])c1ccccc1C(=O)Nc1ccccc1F. The van der Waals surface area contributed by atoms with Gasteiger partial charge in [0.15, 0.2) is 0 Å². The molecule has 2 aromatic carbocycles. The molecular weight excluding hydrogens is 249 g/mol. The third-order valence-electron chi connectivity index (χ3n) is 2.51. The van der Waals surface area contributed by atoms with Crippen LogP contribution in [0.3, 0.4) is 0 Å². The Morgan fingerprint density at radius 2 is 1.53 bits per heavy atom. The van der Waals surface area contributed by atoms with Crippen molar-refractivity contribution in [2.45, 2.75) is 0 Å². The van der Waals surface area contributed by atoms with Crippen LogP contribution in [-0.4, -0.2) is 11.9 Å². The summed E-state index contributed by atoms with van der Waals surface area (Å²) in [6.07, 6.45) is 0. The largest absolute Gasteiger partial charge is 0.545 e. The molecule has 0 aliphatic rings. The molecule has 0 fully saturated rings. The smallest absolute Gasteiger partial charge is 0.256 e. The second-order valence-corrected chi connectivity index (χ2v) is 3.77. The number of para-hydroxylation sites is 1. The quantitative estimate of drug-likeness (QED) is 0.905. The summed E-state index contributed by atoms with van der Waals surface area (Å²) in [7, 11) is 0. The van der Waals surface area contributed by atoms with Gasteiger partial charge in [-0.05, 0) is 18.2 Å². The number of anilines is 1. The second kappa shape index (κ2) is 5.30. The van der Waals surface area contributed by atoms with Crippen molar-refractivity contribution in [2.24, 2.45) is 0 Å². The van der Waals surface area contributed by atoms with Gasteiger partial charge >= 0.3 is 0 Å². The Hall–Kier alpha value is -2.69. The highest BCUT2D eigenvalue weighted by Gasteiger charge is 2.13. The van der Waals surface area contributed by atoms with Crippen LogP contribution >= 0.6 is 0 Å². The zero-order valence-corrected chi connectivity index (χ0v) is 9.72. The van der Waals surface area contributed by atoms with E-state index in [4.69, 9.17) is 0 Å². The van der Waals surface area contributed by atoms with Gasteiger partial charge in [0.2, 0.25) is 0 Å². The van der Waals surface area contributed by atoms with Crippen molar-refractivity contribution in [2.75, 3.05) is 5.32 Å². The Kier molecular flexibility index (Phi) is 3.56. The fourth-order valence-electron chi connectivity index (χ4n) is 1.61. The minimum Gasteiger partial charge on any atom is -0.545 e. The molecule has 1 amide bonds. The van der Waals surface area contributed by atoms with E-state index in [1.165, 1.54) is 42.5 Å². The molecule has 0 bridgehead atoms. The molecule has 0 saturated heterocycles. The predicted molar refractivity (Wildman–Crippen MR) is 65.1 cm³/mol. The number of carboxylic acids is 1. The molecule has 5 heteroatoms. The highest BCUT2D eigenvalue weighted by atomic mass is 19.1. The van der Waals surface area contributed by atoms with Crippen molar-refractivity contribution in [3.05, 3.63) is 65.5 Å². The molecule has 0 aliphatic heterocycles. The van der Waals surface area contributed by atoms with Crippen molar-refractivity contribution in [1.29, 1.82) is 0 Å². The molecule has 0 aromatic heterocycles. The van der Waals surface area contributed by atoms with E-state index in [-0.39, 0.29) is 16.8 Å². The monoisotopic (exact) mass is 258 g/mol. The highest BCUT2D eigenvalue weighted by Crippen LogP contribution is 2.15. The van der Waals surface area contributed by atoms with E-state index in [1.54, 1.807) is 6.07 Å². The number of carboxylic acid groups (broad SMARTS) is 1. The summed E-state index contributed by atoms with van der Waals surface area (Å²) in [6, 6.07) is 11.2. The van der Waals surface area contributed by atoms with Crippen molar-refractivity contribution >= 4 is 17.6 Å². The summed E-state index contributed by atoms with van der Waals surface area (Å²) >= 11 is 0. The van der Waals surface area contributed by atoms with Crippen LogP contribution in [0, 0.1) is 5.82 Å². The van der Waals surface area contributed by atoms with Crippen molar-refractivity contribution < 1.29 is 19.1 Å². The van der Waals surface area contributed by atoms with Crippen molar-refractivity contribution in [3.63, 3.8) is 0 Å². The minimum atomic E-state index is -1.46. The van der Waals surface area contributed by atoms with E-state index in [9.17, 15) is 19.1 Å². The summed E-state index contributed by atoms with van der Waals surface area (Å²) in [4.78, 5) is 22.8. The zero-order chi connectivity index (χ0) is 13.8. The van der Waals surface area contributed by atoms with Crippen LogP contribution in [0.1, 0.15) is 20.7 Å². The fraction of sp³-hybridized carbons (Fsp3) is 0. The average Bonchev–Trinajstić information content (AvgIpc) is 2.41. The van der Waals surface area contributed by atoms with Gasteiger partial charge in [-0.3, -0.25) is 4.79 Å². The first-order valence-electron chi connectivity index (χ1n) is 5.46. The first kappa shape index (κ1) is 12.8. The maximum absolute atomic E-state index is 13.4. The molecule has 0 unspecified atom stereocenters. The maximum Gasteiger partial charge on any atom is 0.256 e. The van der Waals surface area contributed by atoms with E-state index in [0.29, 0.717) is 0 Å². The summed E-state index contributed by atoms with van der Waals surface area (Å²) < 4.78 is 13.4. The molecular formula is C14H9FNO3-. The maximum atomic E-state index is 13.4. The van der Waals surface area contributed by atoms with Gasteiger partial charge in [0.1, 0.15) is 5.82 Å². The van der Waals surface area contributed by atoms with E-state index >= 15 is 0 Å². The number of nitrogens with one attached hydrogen (secondary N) is 1. The molecule has 0 radical (unpaired) electrons. The third-order valence-corrected chi connectivity index (χ3v) is 2.51. The Morgan fingerprint density at radius 1 is 0.947 bits per heavy atom. The number of benzene rings is 2. The number of halogens is 1.